The van der Waals surface area contributed by atoms with Crippen LogP contribution in [0.2, 0.25) is 0 Å². The summed E-state index contributed by atoms with van der Waals surface area (Å²) >= 11 is 0. The molecule has 0 bridgehead atoms. The van der Waals surface area contributed by atoms with Gasteiger partial charge in [-0.2, -0.15) is 26.3 Å². The van der Waals surface area contributed by atoms with E-state index in [9.17, 15) is 35.5 Å². The second-order valence-electron chi connectivity index (χ2n) is 5.41. The molecule has 0 unspecified atom stereocenters. The fraction of sp³-hybridized carbons (Fsp3) is 0.923. The predicted octanol–water partition coefficient (Wildman–Crippen LogP) is 1.94. The maximum atomic E-state index is 13.3. The number of nitrogens with two attached hydrogens (primary N) is 1. The number of carbonyl (C=O) groups is 1. The molecule has 0 spiro atoms. The van der Waals surface area contributed by atoms with E-state index in [2.05, 4.69) is 16.1 Å². The molecule has 1 amide bonds. The molecule has 0 rings (SSSR count). The fourth-order valence-corrected chi connectivity index (χ4v) is 1.94. The van der Waals surface area contributed by atoms with E-state index in [0.29, 0.717) is 26.2 Å². The molecule has 5 nitrogen and oxygen atoms in total. The van der Waals surface area contributed by atoms with Crippen LogP contribution in [0, 0.1) is 0 Å². The van der Waals surface area contributed by atoms with Gasteiger partial charge >= 0.3 is 12.4 Å². The van der Waals surface area contributed by atoms with Gasteiger partial charge < -0.3 is 10.6 Å². The molecular formula is C13H23F7N4O. The highest BCUT2D eigenvalue weighted by Gasteiger charge is 2.71. The molecule has 12 heteroatoms. The van der Waals surface area contributed by atoms with Crippen molar-refractivity contribution in [2.24, 2.45) is 5.84 Å². The van der Waals surface area contributed by atoms with Crippen LogP contribution in [0.1, 0.15) is 32.1 Å². The third-order valence-electron chi connectivity index (χ3n) is 3.39. The summed E-state index contributed by atoms with van der Waals surface area (Å²) in [5, 5.41) is 5.48. The lowest BCUT2D eigenvalue weighted by molar-refractivity contribution is -0.343. The Kier molecular flexibility index (Phi) is 10.3. The molecule has 0 atom stereocenters. The van der Waals surface area contributed by atoms with Crippen molar-refractivity contribution >= 4 is 5.91 Å². The number of hydrazine groups is 1. The van der Waals surface area contributed by atoms with E-state index >= 15 is 0 Å². The van der Waals surface area contributed by atoms with Crippen molar-refractivity contribution < 1.29 is 35.5 Å². The van der Waals surface area contributed by atoms with Crippen molar-refractivity contribution in [2.75, 3.05) is 26.2 Å². The van der Waals surface area contributed by atoms with Gasteiger partial charge in [0.1, 0.15) is 0 Å². The van der Waals surface area contributed by atoms with E-state index in [-0.39, 0.29) is 25.2 Å². The van der Waals surface area contributed by atoms with Gasteiger partial charge in [0, 0.05) is 32.6 Å². The Morgan fingerprint density at radius 3 is 1.88 bits per heavy atom. The Balaban J connectivity index is 3.95. The van der Waals surface area contributed by atoms with E-state index in [4.69, 9.17) is 5.84 Å². The number of unbranched alkanes of at least 4 members (excludes halogenated alkanes) is 2. The van der Waals surface area contributed by atoms with E-state index in [1.165, 1.54) is 0 Å². The van der Waals surface area contributed by atoms with E-state index in [1.54, 1.807) is 0 Å². The molecule has 0 saturated carbocycles. The van der Waals surface area contributed by atoms with Crippen molar-refractivity contribution in [1.29, 1.82) is 0 Å². The highest BCUT2D eigenvalue weighted by Crippen LogP contribution is 2.49. The summed E-state index contributed by atoms with van der Waals surface area (Å²) in [6.07, 6.45) is -14.5. The molecule has 0 saturated heterocycles. The van der Waals surface area contributed by atoms with E-state index in [1.807, 2.05) is 0 Å². The van der Waals surface area contributed by atoms with Gasteiger partial charge in [0.15, 0.2) is 0 Å². The minimum Gasteiger partial charge on any atom is -0.355 e. The molecule has 5 N–H and O–H groups in total. The summed E-state index contributed by atoms with van der Waals surface area (Å²) in [7, 11) is 0. The van der Waals surface area contributed by atoms with Gasteiger partial charge in [0.25, 0.3) is 5.67 Å². The lowest BCUT2D eigenvalue weighted by Crippen LogP contribution is -2.53. The van der Waals surface area contributed by atoms with Crippen LogP contribution in [0.3, 0.4) is 0 Å². The molecule has 0 aliphatic heterocycles. The molecular weight excluding hydrogens is 361 g/mol. The third-order valence-corrected chi connectivity index (χ3v) is 3.39. The van der Waals surface area contributed by atoms with Crippen LogP contribution in [0.4, 0.5) is 30.7 Å². The van der Waals surface area contributed by atoms with E-state index < -0.39 is 30.9 Å². The predicted molar refractivity (Wildman–Crippen MR) is 77.1 cm³/mol. The lowest BCUT2D eigenvalue weighted by Gasteiger charge is -2.29. The minimum atomic E-state index is -6.02. The molecule has 0 aromatic heterocycles. The first-order valence-electron chi connectivity index (χ1n) is 7.69. The van der Waals surface area contributed by atoms with Crippen molar-refractivity contribution in [3.05, 3.63) is 0 Å². The number of halogens is 7. The molecule has 0 aromatic carbocycles. The maximum absolute atomic E-state index is 13.3. The zero-order valence-corrected chi connectivity index (χ0v) is 13.5. The summed E-state index contributed by atoms with van der Waals surface area (Å²) in [4.78, 5) is 11.4. The van der Waals surface area contributed by atoms with Gasteiger partial charge in [-0.1, -0.05) is 6.42 Å². The molecule has 0 aliphatic rings. The molecule has 150 valence electrons. The molecule has 0 aromatic rings. The normalized spacial score (nSPS) is 13.1. The van der Waals surface area contributed by atoms with E-state index in [0.717, 1.165) is 0 Å². The average Bonchev–Trinajstić information content (AvgIpc) is 2.47. The molecule has 0 heterocycles. The number of rotatable bonds is 12. The highest BCUT2D eigenvalue weighted by atomic mass is 19.4. The van der Waals surface area contributed by atoms with Gasteiger partial charge in [-0.25, -0.2) is 4.39 Å². The van der Waals surface area contributed by atoms with Crippen molar-refractivity contribution in [1.82, 2.24) is 16.1 Å². The number of carbonyl (C=O) groups excluding carboxylic acids is 1. The first-order valence-corrected chi connectivity index (χ1v) is 7.69. The van der Waals surface area contributed by atoms with Crippen LogP contribution >= 0.6 is 0 Å². The molecule has 0 aliphatic carbocycles. The smallest absolute Gasteiger partial charge is 0.355 e. The second-order valence-corrected chi connectivity index (χ2v) is 5.41. The lowest BCUT2D eigenvalue weighted by atomic mass is 9.96. The summed E-state index contributed by atoms with van der Waals surface area (Å²) in [5.74, 6) is 4.66. The van der Waals surface area contributed by atoms with Crippen molar-refractivity contribution in [2.45, 2.75) is 50.1 Å². The maximum Gasteiger partial charge on any atom is 0.431 e. The standard InChI is InChI=1S/C13H23F7N4O/c14-11(12(15,16)17,13(18,19)20)5-3-1-2-4-10(25)23-8-6-22-7-9-24-21/h22,24H,1-9,21H2,(H,23,25). The Labute approximate surface area is 140 Å². The SMILES string of the molecule is NNCCNCCNC(=O)CCCCCC(F)(C(F)(F)F)C(F)(F)F. The Morgan fingerprint density at radius 2 is 1.36 bits per heavy atom. The van der Waals surface area contributed by atoms with Gasteiger partial charge in [-0.05, 0) is 19.3 Å². The second kappa shape index (κ2) is 10.8. The van der Waals surface area contributed by atoms with Gasteiger partial charge in [0.05, 0.1) is 0 Å². The highest BCUT2D eigenvalue weighted by molar-refractivity contribution is 5.75. The molecule has 0 radical (unpaired) electrons. The quantitative estimate of drug-likeness (QED) is 0.180. The number of hydrogen-bond donors (Lipinski definition) is 4. The van der Waals surface area contributed by atoms with Gasteiger partial charge in [-0.15, -0.1) is 0 Å². The zero-order chi connectivity index (χ0) is 19.6. The largest absolute Gasteiger partial charge is 0.431 e. The molecule has 0 fully saturated rings. The van der Waals surface area contributed by atoms with Crippen molar-refractivity contribution in [3.63, 3.8) is 0 Å². The van der Waals surface area contributed by atoms with Gasteiger partial charge in [0.2, 0.25) is 5.91 Å². The first-order chi connectivity index (χ1) is 11.5. The Morgan fingerprint density at radius 1 is 0.800 bits per heavy atom. The summed E-state index contributed by atoms with van der Waals surface area (Å²) in [5.41, 5.74) is -2.80. The zero-order valence-electron chi connectivity index (χ0n) is 13.5. The van der Waals surface area contributed by atoms with Crippen LogP contribution in [-0.2, 0) is 4.79 Å². The topological polar surface area (TPSA) is 79.2 Å². The summed E-state index contributed by atoms with van der Waals surface area (Å²) < 4.78 is 87.2. The number of amides is 1. The average molecular weight is 384 g/mol. The number of alkyl halides is 7. The van der Waals surface area contributed by atoms with Gasteiger partial charge in [-0.3, -0.25) is 16.1 Å². The monoisotopic (exact) mass is 384 g/mol. The van der Waals surface area contributed by atoms with Crippen LogP contribution < -0.4 is 21.9 Å². The van der Waals surface area contributed by atoms with Crippen molar-refractivity contribution in [3.8, 4) is 0 Å². The summed E-state index contributed by atoms with van der Waals surface area (Å²) in [6.45, 7) is 1.93. The fourth-order valence-electron chi connectivity index (χ4n) is 1.94. The number of nitrogens with one attached hydrogen (secondary N) is 3. The Bertz CT molecular complexity index is 374. The third kappa shape index (κ3) is 8.68. The number of hydrogen-bond acceptors (Lipinski definition) is 4. The van der Waals surface area contributed by atoms with Crippen LogP contribution in [-0.4, -0.2) is 50.1 Å². The van der Waals surface area contributed by atoms with Crippen LogP contribution in [0.5, 0.6) is 0 Å². The minimum absolute atomic E-state index is 0.0539. The van der Waals surface area contributed by atoms with Crippen LogP contribution in [0.25, 0.3) is 0 Å². The van der Waals surface area contributed by atoms with Crippen LogP contribution in [0.15, 0.2) is 0 Å². The first kappa shape index (κ1) is 23.9. The Hall–Kier alpha value is -1.14. The molecule has 25 heavy (non-hydrogen) atoms. The summed E-state index contributed by atoms with van der Waals surface area (Å²) in [6, 6.07) is 0.